The Morgan fingerprint density at radius 1 is 0.943 bits per heavy atom. The summed E-state index contributed by atoms with van der Waals surface area (Å²) in [6.07, 6.45) is 8.40. The number of fused-ring (bicyclic) bond motifs is 7. The molecule has 0 aromatic carbocycles. The van der Waals surface area contributed by atoms with Crippen LogP contribution in [0.1, 0.15) is 99.3 Å². The molecule has 2 unspecified atom stereocenters. The molecule has 0 saturated heterocycles. The predicted molar refractivity (Wildman–Crippen MR) is 135 cm³/mol. The van der Waals surface area contributed by atoms with Crippen LogP contribution in [-0.4, -0.2) is 45.2 Å². The van der Waals surface area contributed by atoms with Gasteiger partial charge in [0.1, 0.15) is 0 Å². The van der Waals surface area contributed by atoms with Gasteiger partial charge in [-0.05, 0) is 97.2 Å². The zero-order valence-electron chi connectivity index (χ0n) is 22.7. The number of carboxylic acid groups (broad SMARTS) is 1. The van der Waals surface area contributed by atoms with E-state index in [2.05, 4.69) is 40.7 Å². The fourth-order valence-corrected chi connectivity index (χ4v) is 10.8. The molecule has 0 aromatic rings. The smallest absolute Gasteiger partial charge is 0.310 e. The summed E-state index contributed by atoms with van der Waals surface area (Å²) < 4.78 is 0. The van der Waals surface area contributed by atoms with Crippen LogP contribution in [0.5, 0.6) is 0 Å². The third-order valence-corrected chi connectivity index (χ3v) is 13.2. The topological polar surface area (TPSA) is 98.0 Å². The molecule has 5 rings (SSSR count). The lowest BCUT2D eigenvalue weighted by Gasteiger charge is -2.71. The highest BCUT2D eigenvalue weighted by Gasteiger charge is 2.70. The molecule has 198 valence electrons. The number of hydrogen-bond acceptors (Lipinski definition) is 4. The second kappa shape index (κ2) is 7.57. The highest BCUT2D eigenvalue weighted by atomic mass is 16.4. The van der Waals surface area contributed by atoms with Crippen molar-refractivity contribution in [1.29, 1.82) is 0 Å². The summed E-state index contributed by atoms with van der Waals surface area (Å²) in [5.74, 6) is -0.0472. The van der Waals surface area contributed by atoms with Crippen LogP contribution in [0.3, 0.4) is 0 Å². The quantitative estimate of drug-likeness (QED) is 0.402. The molecule has 4 saturated carbocycles. The summed E-state index contributed by atoms with van der Waals surface area (Å²) in [6, 6.07) is 0. The van der Waals surface area contributed by atoms with Gasteiger partial charge >= 0.3 is 5.97 Å². The number of carbonyl (C=O) groups is 1. The van der Waals surface area contributed by atoms with E-state index in [-0.39, 0.29) is 40.1 Å². The zero-order valence-corrected chi connectivity index (χ0v) is 22.7. The third kappa shape index (κ3) is 3.07. The van der Waals surface area contributed by atoms with Gasteiger partial charge in [0.15, 0.2) is 0 Å². The standard InChI is InChI=1S/C30H48O5/c1-25(2)11-13-30(24(34)35)14-12-28(5)18(19(30)15-25)7-8-22-26(3)16-20(32)23(33)27(4,17-31)21(26)9-10-29(22,28)6/h7,19-23,31-33H,8-17H2,1-6H3,(H,34,35)/t19-,20?,21+,22+,23?,26-,27+,28+,29+,30-/m0/s1. The lowest BCUT2D eigenvalue weighted by molar-refractivity contribution is -0.243. The van der Waals surface area contributed by atoms with Crippen molar-refractivity contribution >= 4 is 5.97 Å². The van der Waals surface area contributed by atoms with Crippen molar-refractivity contribution in [3.63, 3.8) is 0 Å². The average Bonchev–Trinajstić information content (AvgIpc) is 2.77. The van der Waals surface area contributed by atoms with Crippen LogP contribution in [0.2, 0.25) is 0 Å². The van der Waals surface area contributed by atoms with Gasteiger partial charge in [-0.2, -0.15) is 0 Å². The minimum Gasteiger partial charge on any atom is -0.481 e. The number of aliphatic carboxylic acids is 1. The molecule has 0 aliphatic heterocycles. The normalized spacial score (nSPS) is 55.0. The van der Waals surface area contributed by atoms with Gasteiger partial charge in [-0.15, -0.1) is 0 Å². The summed E-state index contributed by atoms with van der Waals surface area (Å²) in [4.78, 5) is 12.8. The summed E-state index contributed by atoms with van der Waals surface area (Å²) >= 11 is 0. The van der Waals surface area contributed by atoms with E-state index in [0.717, 1.165) is 51.4 Å². The second-order valence-electron chi connectivity index (χ2n) is 15.1. The van der Waals surface area contributed by atoms with Gasteiger partial charge in [-0.25, -0.2) is 0 Å². The number of allylic oxidation sites excluding steroid dienone is 2. The third-order valence-electron chi connectivity index (χ3n) is 13.2. The van der Waals surface area contributed by atoms with E-state index in [1.165, 1.54) is 5.57 Å². The van der Waals surface area contributed by atoms with E-state index in [4.69, 9.17) is 0 Å². The minimum absolute atomic E-state index is 0.00698. The second-order valence-corrected chi connectivity index (χ2v) is 15.1. The van der Waals surface area contributed by atoms with E-state index < -0.39 is 29.0 Å². The van der Waals surface area contributed by atoms with Crippen LogP contribution >= 0.6 is 0 Å². The molecule has 5 aliphatic carbocycles. The Bertz CT molecular complexity index is 941. The van der Waals surface area contributed by atoms with Gasteiger partial charge in [-0.3, -0.25) is 4.79 Å². The molecule has 0 aromatic heterocycles. The molecule has 5 nitrogen and oxygen atoms in total. The van der Waals surface area contributed by atoms with E-state index in [1.807, 2.05) is 6.92 Å². The average molecular weight is 489 g/mol. The summed E-state index contributed by atoms with van der Waals surface area (Å²) in [5, 5.41) is 42.8. The maximum Gasteiger partial charge on any atom is 0.310 e. The van der Waals surface area contributed by atoms with Crippen molar-refractivity contribution in [2.24, 2.45) is 50.2 Å². The molecule has 0 heterocycles. The van der Waals surface area contributed by atoms with Gasteiger partial charge in [-0.1, -0.05) is 53.2 Å². The first kappa shape index (κ1) is 25.7. The molecule has 0 bridgehead atoms. The van der Waals surface area contributed by atoms with Gasteiger partial charge in [0.25, 0.3) is 0 Å². The predicted octanol–water partition coefficient (Wildman–Crippen LogP) is 5.18. The van der Waals surface area contributed by atoms with Crippen LogP contribution in [0.25, 0.3) is 0 Å². The van der Waals surface area contributed by atoms with Gasteiger partial charge < -0.3 is 20.4 Å². The molecular formula is C30H48O5. The van der Waals surface area contributed by atoms with E-state index in [9.17, 15) is 25.2 Å². The Hall–Kier alpha value is -0.910. The molecule has 0 radical (unpaired) electrons. The van der Waals surface area contributed by atoms with Crippen molar-refractivity contribution in [2.75, 3.05) is 6.61 Å². The van der Waals surface area contributed by atoms with Gasteiger partial charge in [0, 0.05) is 5.41 Å². The molecule has 0 spiro atoms. The lowest BCUT2D eigenvalue weighted by Crippen LogP contribution is -2.68. The van der Waals surface area contributed by atoms with Crippen molar-refractivity contribution in [2.45, 2.75) is 112 Å². The van der Waals surface area contributed by atoms with Crippen molar-refractivity contribution in [1.82, 2.24) is 0 Å². The Kier molecular flexibility index (Phi) is 5.56. The highest BCUT2D eigenvalue weighted by Crippen LogP contribution is 2.75. The number of hydrogen-bond donors (Lipinski definition) is 4. The van der Waals surface area contributed by atoms with Crippen molar-refractivity contribution in [3.8, 4) is 0 Å². The summed E-state index contributed by atoms with van der Waals surface area (Å²) in [5.41, 5.74) is -0.0632. The lowest BCUT2D eigenvalue weighted by atomic mass is 9.33. The molecule has 10 atom stereocenters. The van der Waals surface area contributed by atoms with Crippen molar-refractivity contribution in [3.05, 3.63) is 11.6 Å². The molecule has 35 heavy (non-hydrogen) atoms. The molecule has 4 N–H and O–H groups in total. The van der Waals surface area contributed by atoms with Crippen LogP contribution in [0.15, 0.2) is 11.6 Å². The summed E-state index contributed by atoms with van der Waals surface area (Å²) in [6.45, 7) is 13.6. The number of aliphatic hydroxyl groups excluding tert-OH is 3. The maximum atomic E-state index is 12.8. The first-order valence-electron chi connectivity index (χ1n) is 14.0. The van der Waals surface area contributed by atoms with E-state index >= 15 is 0 Å². The monoisotopic (exact) mass is 488 g/mol. The van der Waals surface area contributed by atoms with E-state index in [0.29, 0.717) is 12.3 Å². The number of carboxylic acids is 1. The van der Waals surface area contributed by atoms with Crippen LogP contribution in [0.4, 0.5) is 0 Å². The fourth-order valence-electron chi connectivity index (χ4n) is 10.8. The summed E-state index contributed by atoms with van der Waals surface area (Å²) in [7, 11) is 0. The van der Waals surface area contributed by atoms with Crippen LogP contribution in [0, 0.1) is 50.2 Å². The van der Waals surface area contributed by atoms with E-state index in [1.54, 1.807) is 0 Å². The first-order valence-corrected chi connectivity index (χ1v) is 14.0. The Morgan fingerprint density at radius 3 is 2.23 bits per heavy atom. The molecule has 0 amide bonds. The van der Waals surface area contributed by atoms with Gasteiger partial charge in [0.2, 0.25) is 0 Å². The first-order chi connectivity index (χ1) is 16.1. The van der Waals surface area contributed by atoms with Gasteiger partial charge in [0.05, 0.1) is 24.2 Å². The maximum absolute atomic E-state index is 12.8. The fraction of sp³-hybridized carbons (Fsp3) is 0.900. The number of aliphatic hydroxyl groups is 3. The van der Waals surface area contributed by atoms with Crippen LogP contribution in [-0.2, 0) is 4.79 Å². The number of rotatable bonds is 2. The SMILES string of the molecule is CC1(C)CC[C@]2(C(=O)O)CC[C@]3(C)C(=CC[C@@H]4[C@@]5(C)CC(O)C(O)[C@](C)(CO)[C@@H]5CC[C@]43C)[C@@H]2C1. The zero-order chi connectivity index (χ0) is 25.8. The molecule has 5 heteroatoms. The highest BCUT2D eigenvalue weighted by molar-refractivity contribution is 5.76. The molecular weight excluding hydrogens is 440 g/mol. The van der Waals surface area contributed by atoms with Crippen LogP contribution < -0.4 is 0 Å². The minimum atomic E-state index is -0.907. The Morgan fingerprint density at radius 2 is 1.60 bits per heavy atom. The Labute approximate surface area is 211 Å². The molecule has 4 fully saturated rings. The van der Waals surface area contributed by atoms with Crippen molar-refractivity contribution < 1.29 is 25.2 Å². The molecule has 5 aliphatic rings. The largest absolute Gasteiger partial charge is 0.481 e. The Balaban J connectivity index is 1.61.